The summed E-state index contributed by atoms with van der Waals surface area (Å²) in [5, 5.41) is 6.23. The Bertz CT molecular complexity index is 901. The highest BCUT2D eigenvalue weighted by atomic mass is 35.5. The Morgan fingerprint density at radius 3 is 2.64 bits per heavy atom. The second kappa shape index (κ2) is 7.77. The molecule has 0 aliphatic carbocycles. The zero-order valence-electron chi connectivity index (χ0n) is 13.2. The molecule has 0 radical (unpaired) electrons. The summed E-state index contributed by atoms with van der Waals surface area (Å²) in [6.07, 6.45) is 1.52. The maximum atomic E-state index is 13.6. The third-order valence-corrected chi connectivity index (χ3v) is 3.89. The Morgan fingerprint density at radius 2 is 1.84 bits per heavy atom. The summed E-state index contributed by atoms with van der Waals surface area (Å²) < 4.78 is 13.6. The number of para-hydroxylation sites is 1. The van der Waals surface area contributed by atoms with Crippen LogP contribution in [0, 0.1) is 5.82 Å². The van der Waals surface area contributed by atoms with Crippen LogP contribution in [0.2, 0.25) is 5.02 Å². The number of benzene rings is 2. The topological polar surface area (TPSA) is 54.0 Å². The van der Waals surface area contributed by atoms with Crippen LogP contribution in [0.1, 0.15) is 15.9 Å². The second-order valence-electron chi connectivity index (χ2n) is 5.31. The Balaban J connectivity index is 1.70. The highest BCUT2D eigenvalue weighted by Gasteiger charge is 2.09. The van der Waals surface area contributed by atoms with Crippen LogP contribution in [0.15, 0.2) is 66.9 Å². The molecule has 1 heterocycles. The summed E-state index contributed by atoms with van der Waals surface area (Å²) in [5.41, 5.74) is 1.48. The van der Waals surface area contributed by atoms with Gasteiger partial charge < -0.3 is 10.6 Å². The largest absolute Gasteiger partial charge is 0.366 e. The Hall–Kier alpha value is -2.92. The van der Waals surface area contributed by atoms with Crippen molar-refractivity contribution in [1.29, 1.82) is 0 Å². The van der Waals surface area contributed by atoms with Crippen LogP contribution in [0.4, 0.5) is 15.9 Å². The summed E-state index contributed by atoms with van der Waals surface area (Å²) in [6, 6.07) is 16.7. The van der Waals surface area contributed by atoms with Gasteiger partial charge in [0.15, 0.2) is 0 Å². The van der Waals surface area contributed by atoms with E-state index < -0.39 is 0 Å². The molecule has 0 bridgehead atoms. The van der Waals surface area contributed by atoms with Gasteiger partial charge in [0.2, 0.25) is 0 Å². The van der Waals surface area contributed by atoms with E-state index in [0.29, 0.717) is 27.7 Å². The molecule has 0 spiro atoms. The van der Waals surface area contributed by atoms with Crippen LogP contribution in [0.25, 0.3) is 0 Å². The second-order valence-corrected chi connectivity index (χ2v) is 5.72. The summed E-state index contributed by atoms with van der Waals surface area (Å²) in [5.74, 6) is -0.109. The number of anilines is 2. The average Bonchev–Trinajstić information content (AvgIpc) is 2.63. The van der Waals surface area contributed by atoms with Crippen molar-refractivity contribution in [2.24, 2.45) is 0 Å². The van der Waals surface area contributed by atoms with E-state index in [1.165, 1.54) is 12.3 Å². The fourth-order valence-electron chi connectivity index (χ4n) is 2.25. The number of carbonyl (C=O) groups is 1. The lowest BCUT2D eigenvalue weighted by Gasteiger charge is -2.09. The lowest BCUT2D eigenvalue weighted by atomic mass is 10.2. The van der Waals surface area contributed by atoms with Crippen LogP contribution < -0.4 is 10.6 Å². The van der Waals surface area contributed by atoms with Crippen molar-refractivity contribution >= 4 is 29.0 Å². The molecule has 6 heteroatoms. The number of nitrogens with zero attached hydrogens (tertiary/aromatic N) is 1. The number of hydrogen-bond acceptors (Lipinski definition) is 3. The Morgan fingerprint density at radius 1 is 1.08 bits per heavy atom. The number of rotatable bonds is 5. The maximum Gasteiger partial charge on any atom is 0.255 e. The van der Waals surface area contributed by atoms with Crippen molar-refractivity contribution in [2.75, 3.05) is 10.6 Å². The van der Waals surface area contributed by atoms with Crippen molar-refractivity contribution in [2.45, 2.75) is 6.54 Å². The van der Waals surface area contributed by atoms with E-state index >= 15 is 0 Å². The summed E-state index contributed by atoms with van der Waals surface area (Å²) >= 11 is 6.04. The minimum absolute atomic E-state index is 0.273. The summed E-state index contributed by atoms with van der Waals surface area (Å²) in [7, 11) is 0. The third kappa shape index (κ3) is 4.33. The normalized spacial score (nSPS) is 10.3. The molecule has 3 aromatic rings. The minimum Gasteiger partial charge on any atom is -0.366 e. The fourth-order valence-corrected chi connectivity index (χ4v) is 2.44. The molecular weight excluding hydrogens is 341 g/mol. The lowest BCUT2D eigenvalue weighted by molar-refractivity contribution is 0.102. The first-order valence-electron chi connectivity index (χ1n) is 7.63. The van der Waals surface area contributed by atoms with Gasteiger partial charge in [-0.2, -0.15) is 0 Å². The first-order valence-corrected chi connectivity index (χ1v) is 8.00. The van der Waals surface area contributed by atoms with Gasteiger partial charge in [0.05, 0.1) is 10.7 Å². The molecular formula is C19H15ClFN3O. The molecule has 0 saturated heterocycles. The van der Waals surface area contributed by atoms with Crippen molar-refractivity contribution in [3.8, 4) is 0 Å². The number of halogens is 2. The van der Waals surface area contributed by atoms with Gasteiger partial charge in [0.25, 0.3) is 5.91 Å². The molecule has 0 aliphatic heterocycles. The van der Waals surface area contributed by atoms with E-state index in [-0.39, 0.29) is 18.3 Å². The predicted octanol–water partition coefficient (Wildman–Crippen LogP) is 4.74. The van der Waals surface area contributed by atoms with E-state index in [4.69, 9.17) is 11.6 Å². The molecule has 0 aliphatic rings. The quantitative estimate of drug-likeness (QED) is 0.695. The Kier molecular flexibility index (Phi) is 5.26. The first-order chi connectivity index (χ1) is 12.1. The molecule has 25 heavy (non-hydrogen) atoms. The summed E-state index contributed by atoms with van der Waals surface area (Å²) in [4.78, 5) is 16.5. The molecule has 3 rings (SSSR count). The molecule has 2 N–H and O–H groups in total. The smallest absolute Gasteiger partial charge is 0.255 e. The number of carbonyl (C=O) groups excluding carboxylic acids is 1. The minimum atomic E-state index is -0.301. The van der Waals surface area contributed by atoms with Gasteiger partial charge in [-0.3, -0.25) is 4.79 Å². The monoisotopic (exact) mass is 355 g/mol. The van der Waals surface area contributed by atoms with Crippen molar-refractivity contribution in [3.05, 3.63) is 88.8 Å². The molecule has 2 aromatic carbocycles. The zero-order valence-corrected chi connectivity index (χ0v) is 13.9. The summed E-state index contributed by atoms with van der Waals surface area (Å²) in [6.45, 7) is 0.273. The van der Waals surface area contributed by atoms with E-state index in [2.05, 4.69) is 15.6 Å². The van der Waals surface area contributed by atoms with Gasteiger partial charge >= 0.3 is 0 Å². The molecule has 1 amide bonds. The highest BCUT2D eigenvalue weighted by Crippen LogP contribution is 2.21. The van der Waals surface area contributed by atoms with Crippen molar-refractivity contribution < 1.29 is 9.18 Å². The maximum absolute atomic E-state index is 13.6. The van der Waals surface area contributed by atoms with E-state index in [0.717, 1.165) is 0 Å². The lowest BCUT2D eigenvalue weighted by Crippen LogP contribution is -2.13. The number of amides is 1. The number of nitrogens with one attached hydrogen (secondary N) is 2. The molecule has 0 atom stereocenters. The average molecular weight is 356 g/mol. The van der Waals surface area contributed by atoms with Gasteiger partial charge in [-0.1, -0.05) is 41.9 Å². The van der Waals surface area contributed by atoms with Gasteiger partial charge in [-0.25, -0.2) is 9.37 Å². The van der Waals surface area contributed by atoms with Crippen LogP contribution in [0.5, 0.6) is 0 Å². The van der Waals surface area contributed by atoms with Crippen LogP contribution in [-0.4, -0.2) is 10.9 Å². The molecule has 0 saturated carbocycles. The first kappa shape index (κ1) is 16.9. The third-order valence-electron chi connectivity index (χ3n) is 3.56. The van der Waals surface area contributed by atoms with Gasteiger partial charge in [-0.15, -0.1) is 0 Å². The van der Waals surface area contributed by atoms with Crippen molar-refractivity contribution in [1.82, 2.24) is 4.98 Å². The van der Waals surface area contributed by atoms with E-state index in [1.807, 2.05) is 0 Å². The Labute approximate surface area is 149 Å². The van der Waals surface area contributed by atoms with E-state index in [1.54, 1.807) is 54.6 Å². The predicted molar refractivity (Wildman–Crippen MR) is 97.4 cm³/mol. The van der Waals surface area contributed by atoms with Crippen LogP contribution in [-0.2, 0) is 6.54 Å². The molecule has 1 aromatic heterocycles. The van der Waals surface area contributed by atoms with Crippen molar-refractivity contribution in [3.63, 3.8) is 0 Å². The molecule has 0 fully saturated rings. The fraction of sp³-hybridized carbons (Fsp3) is 0.0526. The van der Waals surface area contributed by atoms with Gasteiger partial charge in [0, 0.05) is 23.9 Å². The SMILES string of the molecule is O=C(Nc1ccccc1Cl)c1ccnc(NCc2ccccc2F)c1. The molecule has 126 valence electrons. The molecule has 0 unspecified atom stereocenters. The number of hydrogen-bond donors (Lipinski definition) is 2. The highest BCUT2D eigenvalue weighted by molar-refractivity contribution is 6.33. The number of pyridine rings is 1. The number of aromatic nitrogens is 1. The van der Waals surface area contributed by atoms with Crippen LogP contribution >= 0.6 is 11.6 Å². The van der Waals surface area contributed by atoms with Crippen LogP contribution in [0.3, 0.4) is 0 Å². The van der Waals surface area contributed by atoms with Gasteiger partial charge in [0.1, 0.15) is 11.6 Å². The van der Waals surface area contributed by atoms with E-state index in [9.17, 15) is 9.18 Å². The molecule has 4 nitrogen and oxygen atoms in total. The zero-order chi connectivity index (χ0) is 17.6. The standard InChI is InChI=1S/C19H15ClFN3O/c20-15-6-2-4-8-17(15)24-19(25)13-9-10-22-18(11-13)23-12-14-5-1-3-7-16(14)21/h1-11H,12H2,(H,22,23)(H,24,25). The van der Waals surface area contributed by atoms with Gasteiger partial charge in [-0.05, 0) is 30.3 Å².